The molecule has 0 bridgehead atoms. The summed E-state index contributed by atoms with van der Waals surface area (Å²) in [5, 5.41) is 4.07. The van der Waals surface area contributed by atoms with Crippen molar-refractivity contribution < 1.29 is 14.3 Å². The van der Waals surface area contributed by atoms with Gasteiger partial charge in [-0.2, -0.15) is 4.99 Å². The van der Waals surface area contributed by atoms with Crippen LogP contribution in [0.1, 0.15) is 44.9 Å². The smallest absolute Gasteiger partial charge is 0.261 e. The first-order valence-corrected chi connectivity index (χ1v) is 11.0. The van der Waals surface area contributed by atoms with E-state index in [9.17, 15) is 9.59 Å². The van der Waals surface area contributed by atoms with E-state index in [1.54, 1.807) is 30.0 Å². The Morgan fingerprint density at radius 1 is 1.28 bits per heavy atom. The van der Waals surface area contributed by atoms with Crippen molar-refractivity contribution in [2.45, 2.75) is 44.9 Å². The van der Waals surface area contributed by atoms with E-state index in [0.717, 1.165) is 24.3 Å². The summed E-state index contributed by atoms with van der Waals surface area (Å²) in [5.74, 6) is 0.399. The van der Waals surface area contributed by atoms with E-state index in [1.165, 1.54) is 30.4 Å². The van der Waals surface area contributed by atoms with E-state index in [-0.39, 0.29) is 24.2 Å². The fourth-order valence-electron chi connectivity index (χ4n) is 3.82. The van der Waals surface area contributed by atoms with Crippen molar-refractivity contribution in [3.8, 4) is 5.75 Å². The number of halogens is 1. The van der Waals surface area contributed by atoms with Gasteiger partial charge in [-0.1, -0.05) is 29.8 Å². The average molecular weight is 432 g/mol. The standard InChI is InChI=1S/C21H22ClN3O3S/c1-28-15-8-7-12(11-14(15)22)23-18(26)10-9-17-24-20(27)19-13-5-3-2-4-6-16(13)29-21(19)25-17/h7-8,11,19H,2-6,9-10H2,1H3,(H,23,26). The Bertz CT molecular complexity index is 954. The van der Waals surface area contributed by atoms with Gasteiger partial charge < -0.3 is 10.1 Å². The van der Waals surface area contributed by atoms with E-state index in [2.05, 4.69) is 15.3 Å². The molecule has 0 fully saturated rings. The van der Waals surface area contributed by atoms with Crippen LogP contribution in [-0.4, -0.2) is 29.8 Å². The Labute approximate surface area is 178 Å². The molecule has 1 atom stereocenters. The number of rotatable bonds is 5. The van der Waals surface area contributed by atoms with E-state index in [4.69, 9.17) is 16.3 Å². The molecule has 2 heterocycles. The number of carbonyl (C=O) groups excluding carboxylic acids is 2. The highest BCUT2D eigenvalue weighted by Gasteiger charge is 2.39. The van der Waals surface area contributed by atoms with Gasteiger partial charge in [-0.3, -0.25) is 9.59 Å². The number of fused-ring (bicyclic) bond motifs is 2. The summed E-state index contributed by atoms with van der Waals surface area (Å²) >= 11 is 7.73. The van der Waals surface area contributed by atoms with Crippen LogP contribution >= 0.6 is 23.4 Å². The van der Waals surface area contributed by atoms with Crippen molar-refractivity contribution in [2.75, 3.05) is 12.4 Å². The normalized spacial score (nSPS) is 21.0. The van der Waals surface area contributed by atoms with Gasteiger partial charge in [0.15, 0.2) is 0 Å². The highest BCUT2D eigenvalue weighted by atomic mass is 35.5. The number of benzene rings is 1. The van der Waals surface area contributed by atoms with E-state index in [0.29, 0.717) is 28.7 Å². The second-order valence-electron chi connectivity index (χ2n) is 7.26. The van der Waals surface area contributed by atoms with E-state index < -0.39 is 0 Å². The van der Waals surface area contributed by atoms with Crippen LogP contribution in [0.2, 0.25) is 5.02 Å². The molecule has 0 saturated heterocycles. The molecular weight excluding hydrogens is 410 g/mol. The molecule has 1 aliphatic carbocycles. The third-order valence-corrected chi connectivity index (χ3v) is 6.81. The summed E-state index contributed by atoms with van der Waals surface area (Å²) in [5.41, 5.74) is 1.82. The van der Waals surface area contributed by atoms with Crippen molar-refractivity contribution >= 4 is 51.7 Å². The second kappa shape index (κ2) is 8.71. The Morgan fingerprint density at radius 3 is 2.90 bits per heavy atom. The van der Waals surface area contributed by atoms with Gasteiger partial charge in [0.25, 0.3) is 5.91 Å². The molecule has 8 heteroatoms. The number of ether oxygens (including phenoxy) is 1. The first-order valence-electron chi connectivity index (χ1n) is 9.78. The molecule has 6 nitrogen and oxygen atoms in total. The van der Waals surface area contributed by atoms with Crippen LogP contribution in [0.4, 0.5) is 5.69 Å². The molecule has 1 aromatic rings. The molecule has 0 spiro atoms. The molecule has 1 N–H and O–H groups in total. The first kappa shape index (κ1) is 20.2. The first-order chi connectivity index (χ1) is 14.0. The summed E-state index contributed by atoms with van der Waals surface area (Å²) in [6.45, 7) is 0. The van der Waals surface area contributed by atoms with Crippen LogP contribution in [0.25, 0.3) is 0 Å². The van der Waals surface area contributed by atoms with Gasteiger partial charge in [0, 0.05) is 18.5 Å². The van der Waals surface area contributed by atoms with E-state index >= 15 is 0 Å². The van der Waals surface area contributed by atoms with Crippen LogP contribution in [0.3, 0.4) is 0 Å². The lowest BCUT2D eigenvalue weighted by molar-refractivity contribution is -0.119. The maximum absolute atomic E-state index is 12.6. The van der Waals surface area contributed by atoms with Gasteiger partial charge in [-0.05, 0) is 54.4 Å². The number of nitrogens with zero attached hydrogens (tertiary/aromatic N) is 2. The highest BCUT2D eigenvalue weighted by Crippen LogP contribution is 2.46. The number of methoxy groups -OCH3 is 1. The largest absolute Gasteiger partial charge is 0.495 e. The monoisotopic (exact) mass is 431 g/mol. The van der Waals surface area contributed by atoms with Crippen LogP contribution < -0.4 is 10.1 Å². The van der Waals surface area contributed by atoms with Crippen molar-refractivity contribution in [3.05, 3.63) is 33.7 Å². The number of amidine groups is 1. The molecule has 0 aromatic heterocycles. The minimum Gasteiger partial charge on any atom is -0.495 e. The zero-order valence-corrected chi connectivity index (χ0v) is 17.7. The lowest BCUT2D eigenvalue weighted by Crippen LogP contribution is -2.26. The van der Waals surface area contributed by atoms with Gasteiger partial charge in [-0.25, -0.2) is 4.99 Å². The summed E-state index contributed by atoms with van der Waals surface area (Å²) in [4.78, 5) is 35.0. The van der Waals surface area contributed by atoms with Gasteiger partial charge in [0.05, 0.1) is 17.2 Å². The molecule has 152 valence electrons. The summed E-state index contributed by atoms with van der Waals surface area (Å²) in [6, 6.07) is 5.06. The number of amides is 2. The van der Waals surface area contributed by atoms with E-state index in [1.807, 2.05) is 0 Å². The number of nitrogens with one attached hydrogen (secondary N) is 1. The topological polar surface area (TPSA) is 80.1 Å². The minimum absolute atomic E-state index is 0.133. The van der Waals surface area contributed by atoms with Crippen molar-refractivity contribution in [3.63, 3.8) is 0 Å². The van der Waals surface area contributed by atoms with Crippen LogP contribution in [-0.2, 0) is 9.59 Å². The van der Waals surface area contributed by atoms with Gasteiger partial charge in [0.1, 0.15) is 17.5 Å². The number of hydrogen-bond acceptors (Lipinski definition) is 5. The predicted octanol–water partition coefficient (Wildman–Crippen LogP) is 4.99. The van der Waals surface area contributed by atoms with Crippen LogP contribution in [0.5, 0.6) is 5.75 Å². The molecule has 29 heavy (non-hydrogen) atoms. The molecule has 1 unspecified atom stereocenters. The Hall–Kier alpha value is -2.12. The maximum Gasteiger partial charge on any atom is 0.261 e. The average Bonchev–Trinajstić information content (AvgIpc) is 2.88. The SMILES string of the molecule is COc1ccc(NC(=O)CCC2=NC(=O)C3C(=N2)SC2=C3CCCCC2)cc1Cl. The summed E-state index contributed by atoms with van der Waals surface area (Å²) < 4.78 is 5.11. The molecule has 3 aliphatic rings. The number of carbonyl (C=O) groups is 2. The van der Waals surface area contributed by atoms with Crippen molar-refractivity contribution in [2.24, 2.45) is 15.9 Å². The number of thioether (sulfide) groups is 1. The molecule has 2 aliphatic heterocycles. The van der Waals surface area contributed by atoms with Gasteiger partial charge in [0.2, 0.25) is 5.91 Å². The molecule has 4 rings (SSSR count). The quantitative estimate of drug-likeness (QED) is 0.712. The molecule has 0 saturated carbocycles. The third kappa shape index (κ3) is 4.41. The van der Waals surface area contributed by atoms with Crippen molar-refractivity contribution in [1.29, 1.82) is 0 Å². The molecule has 2 amide bonds. The summed E-state index contributed by atoms with van der Waals surface area (Å²) in [7, 11) is 1.54. The maximum atomic E-state index is 12.6. The lowest BCUT2D eigenvalue weighted by atomic mass is 9.94. The molecule has 0 radical (unpaired) electrons. The number of allylic oxidation sites excluding steroid dienone is 1. The summed E-state index contributed by atoms with van der Waals surface area (Å²) in [6.07, 6.45) is 6.02. The molecular formula is C21H22ClN3O3S. The lowest BCUT2D eigenvalue weighted by Gasteiger charge is -2.16. The molecule has 1 aromatic carbocycles. The zero-order valence-electron chi connectivity index (χ0n) is 16.2. The minimum atomic E-state index is -0.271. The zero-order chi connectivity index (χ0) is 20.4. The van der Waals surface area contributed by atoms with Gasteiger partial charge in [-0.15, -0.1) is 0 Å². The third-order valence-electron chi connectivity index (χ3n) is 5.27. The number of aliphatic imine (C=N–C) groups is 2. The number of hydrogen-bond donors (Lipinski definition) is 1. The fourth-order valence-corrected chi connectivity index (χ4v) is 5.44. The fraction of sp³-hybridized carbons (Fsp3) is 0.429. The predicted molar refractivity (Wildman–Crippen MR) is 117 cm³/mol. The second-order valence-corrected chi connectivity index (χ2v) is 8.78. The Kier molecular flexibility index (Phi) is 6.06. The number of anilines is 1. The highest BCUT2D eigenvalue weighted by molar-refractivity contribution is 8.17. The Balaban J connectivity index is 1.36. The van der Waals surface area contributed by atoms with Crippen LogP contribution in [0.15, 0.2) is 38.7 Å². The Morgan fingerprint density at radius 2 is 2.10 bits per heavy atom. The van der Waals surface area contributed by atoms with Crippen molar-refractivity contribution in [1.82, 2.24) is 0 Å². The van der Waals surface area contributed by atoms with Gasteiger partial charge >= 0.3 is 0 Å². The van der Waals surface area contributed by atoms with Crippen LogP contribution in [0, 0.1) is 5.92 Å².